The van der Waals surface area contributed by atoms with Gasteiger partial charge in [0.05, 0.1) is 11.2 Å². The van der Waals surface area contributed by atoms with E-state index in [4.69, 9.17) is 5.73 Å². The second-order valence-electron chi connectivity index (χ2n) is 4.90. The fourth-order valence-electron chi connectivity index (χ4n) is 2.55. The number of aliphatic carboxylic acids is 1. The molecule has 1 aromatic heterocycles. The van der Waals surface area contributed by atoms with E-state index in [1.165, 1.54) is 11.3 Å². The molecule has 2 fully saturated rings. The average Bonchev–Trinajstić information content (AvgIpc) is 2.91. The predicted molar refractivity (Wildman–Crippen MR) is 60.6 cm³/mol. The number of aromatic nitrogens is 1. The highest BCUT2D eigenvalue weighted by molar-refractivity contribution is 7.10. The largest absolute Gasteiger partial charge is 0.481 e. The minimum atomic E-state index is -0.736. The summed E-state index contributed by atoms with van der Waals surface area (Å²) < 4.78 is 0. The van der Waals surface area contributed by atoms with Gasteiger partial charge in [-0.2, -0.15) is 0 Å². The van der Waals surface area contributed by atoms with Crippen molar-refractivity contribution in [2.24, 2.45) is 5.73 Å². The molecule has 1 aromatic rings. The van der Waals surface area contributed by atoms with Gasteiger partial charge in [0.15, 0.2) is 0 Å². The fraction of sp³-hybridized carbons (Fsp3) is 0.636. The van der Waals surface area contributed by atoms with Crippen molar-refractivity contribution in [2.45, 2.75) is 43.1 Å². The molecule has 0 radical (unpaired) electrons. The van der Waals surface area contributed by atoms with E-state index in [-0.39, 0.29) is 6.04 Å². The zero-order chi connectivity index (χ0) is 11.3. The minimum absolute atomic E-state index is 0.0326. The van der Waals surface area contributed by atoms with E-state index in [2.05, 4.69) is 4.98 Å². The lowest BCUT2D eigenvalue weighted by Crippen LogP contribution is -2.54. The first-order valence-electron chi connectivity index (χ1n) is 5.56. The zero-order valence-electron chi connectivity index (χ0n) is 8.85. The van der Waals surface area contributed by atoms with Crippen LogP contribution in [0, 0.1) is 0 Å². The summed E-state index contributed by atoms with van der Waals surface area (Å²) in [7, 11) is 0. The van der Waals surface area contributed by atoms with Gasteiger partial charge in [-0.05, 0) is 25.7 Å². The Hall–Kier alpha value is -0.940. The maximum atomic E-state index is 11.5. The number of nitrogens with zero attached hydrogens (tertiary/aromatic N) is 1. The van der Waals surface area contributed by atoms with Gasteiger partial charge >= 0.3 is 5.97 Å². The molecule has 0 spiro atoms. The number of hydrogen-bond donors (Lipinski definition) is 2. The van der Waals surface area contributed by atoms with Gasteiger partial charge in [0.1, 0.15) is 5.41 Å². The first-order chi connectivity index (χ1) is 7.63. The Morgan fingerprint density at radius 2 is 2.25 bits per heavy atom. The summed E-state index contributed by atoms with van der Waals surface area (Å²) in [5.41, 5.74) is 7.84. The van der Waals surface area contributed by atoms with Crippen LogP contribution in [0.1, 0.15) is 42.2 Å². The molecule has 2 aliphatic rings. The fourth-order valence-corrected chi connectivity index (χ4v) is 3.64. The van der Waals surface area contributed by atoms with Crippen LogP contribution in [0.25, 0.3) is 0 Å². The van der Waals surface area contributed by atoms with Gasteiger partial charge in [-0.3, -0.25) is 4.79 Å². The monoisotopic (exact) mass is 238 g/mol. The smallest absolute Gasteiger partial charge is 0.315 e. The van der Waals surface area contributed by atoms with Crippen LogP contribution in [-0.2, 0) is 10.2 Å². The molecular weight excluding hydrogens is 224 g/mol. The average molecular weight is 238 g/mol. The van der Waals surface area contributed by atoms with Crippen molar-refractivity contribution in [3.05, 3.63) is 16.1 Å². The SMILES string of the molecule is NC1CC(C(=O)O)(c2scnc2C2CC2)C1. The Morgan fingerprint density at radius 3 is 2.75 bits per heavy atom. The second kappa shape index (κ2) is 3.28. The van der Waals surface area contributed by atoms with Crippen LogP contribution >= 0.6 is 11.3 Å². The van der Waals surface area contributed by atoms with Crippen molar-refractivity contribution in [2.75, 3.05) is 0 Å². The normalized spacial score (nSPS) is 33.4. The molecule has 2 aliphatic carbocycles. The summed E-state index contributed by atoms with van der Waals surface area (Å²) in [6.45, 7) is 0. The summed E-state index contributed by atoms with van der Waals surface area (Å²) in [5.74, 6) is -0.227. The maximum Gasteiger partial charge on any atom is 0.315 e. The van der Waals surface area contributed by atoms with Gasteiger partial charge in [0, 0.05) is 16.8 Å². The van der Waals surface area contributed by atoms with E-state index in [0.717, 1.165) is 23.4 Å². The minimum Gasteiger partial charge on any atom is -0.481 e. The molecule has 0 amide bonds. The van der Waals surface area contributed by atoms with Gasteiger partial charge < -0.3 is 10.8 Å². The molecule has 5 heteroatoms. The lowest BCUT2D eigenvalue weighted by Gasteiger charge is -2.42. The van der Waals surface area contributed by atoms with Crippen molar-refractivity contribution in [3.8, 4) is 0 Å². The number of carboxylic acid groups (broad SMARTS) is 1. The summed E-state index contributed by atoms with van der Waals surface area (Å²) in [6.07, 6.45) is 3.42. The lowest BCUT2D eigenvalue weighted by atomic mass is 9.64. The molecule has 0 aromatic carbocycles. The van der Waals surface area contributed by atoms with Crippen LogP contribution in [0.5, 0.6) is 0 Å². The molecule has 4 nitrogen and oxygen atoms in total. The molecule has 0 saturated heterocycles. The third kappa shape index (κ3) is 1.31. The van der Waals surface area contributed by atoms with E-state index in [1.807, 2.05) is 0 Å². The quantitative estimate of drug-likeness (QED) is 0.836. The number of carbonyl (C=O) groups is 1. The van der Waals surface area contributed by atoms with Crippen LogP contribution < -0.4 is 5.73 Å². The lowest BCUT2D eigenvalue weighted by molar-refractivity contribution is -0.148. The van der Waals surface area contributed by atoms with Gasteiger partial charge in [0.2, 0.25) is 0 Å². The van der Waals surface area contributed by atoms with Gasteiger partial charge in [-0.15, -0.1) is 11.3 Å². The van der Waals surface area contributed by atoms with Gasteiger partial charge in [0.25, 0.3) is 0 Å². The van der Waals surface area contributed by atoms with Crippen molar-refractivity contribution in [1.29, 1.82) is 0 Å². The van der Waals surface area contributed by atoms with E-state index >= 15 is 0 Å². The topological polar surface area (TPSA) is 76.2 Å². The van der Waals surface area contributed by atoms with Crippen LogP contribution in [-0.4, -0.2) is 22.1 Å². The summed E-state index contributed by atoms with van der Waals surface area (Å²) in [5, 5.41) is 9.42. The Morgan fingerprint density at radius 1 is 1.56 bits per heavy atom. The zero-order valence-corrected chi connectivity index (χ0v) is 9.67. The highest BCUT2D eigenvalue weighted by atomic mass is 32.1. The Kier molecular flexibility index (Phi) is 2.09. The van der Waals surface area contributed by atoms with Crippen LogP contribution in [0.4, 0.5) is 0 Å². The Bertz CT molecular complexity index is 433. The standard InChI is InChI=1S/C11H14N2O2S/c12-7-3-11(4-7,10(14)15)9-8(6-1-2-6)13-5-16-9/h5-7H,1-4,12H2,(H,14,15). The van der Waals surface area contributed by atoms with Gasteiger partial charge in [-0.25, -0.2) is 4.98 Å². The second-order valence-corrected chi connectivity index (χ2v) is 5.75. The number of thiazole rings is 1. The highest BCUT2D eigenvalue weighted by Gasteiger charge is 2.53. The van der Waals surface area contributed by atoms with E-state index in [9.17, 15) is 9.90 Å². The summed E-state index contributed by atoms with van der Waals surface area (Å²) in [6, 6.07) is 0.0326. The Labute approximate surface area is 97.5 Å². The van der Waals surface area contributed by atoms with Crippen molar-refractivity contribution in [1.82, 2.24) is 4.98 Å². The molecule has 2 saturated carbocycles. The molecule has 0 aliphatic heterocycles. The first kappa shape index (κ1) is 10.2. The third-order valence-corrected chi connectivity index (χ3v) is 4.67. The molecule has 16 heavy (non-hydrogen) atoms. The molecular formula is C11H14N2O2S. The molecule has 86 valence electrons. The number of nitrogens with two attached hydrogens (primary N) is 1. The molecule has 0 atom stereocenters. The Balaban J connectivity index is 2.00. The predicted octanol–water partition coefficient (Wildman–Crippen LogP) is 1.46. The van der Waals surface area contributed by atoms with Crippen molar-refractivity contribution in [3.63, 3.8) is 0 Å². The number of carboxylic acids is 1. The van der Waals surface area contributed by atoms with Crippen molar-refractivity contribution < 1.29 is 9.90 Å². The third-order valence-electron chi connectivity index (χ3n) is 3.62. The maximum absolute atomic E-state index is 11.5. The molecule has 3 N–H and O–H groups in total. The van der Waals surface area contributed by atoms with E-state index in [1.54, 1.807) is 5.51 Å². The molecule has 0 bridgehead atoms. The van der Waals surface area contributed by atoms with Crippen LogP contribution in [0.15, 0.2) is 5.51 Å². The first-order valence-corrected chi connectivity index (χ1v) is 6.44. The number of hydrogen-bond acceptors (Lipinski definition) is 4. The summed E-state index contributed by atoms with van der Waals surface area (Å²) >= 11 is 1.48. The van der Waals surface area contributed by atoms with E-state index < -0.39 is 11.4 Å². The van der Waals surface area contributed by atoms with Gasteiger partial charge in [-0.1, -0.05) is 0 Å². The summed E-state index contributed by atoms with van der Waals surface area (Å²) in [4.78, 5) is 16.8. The molecule has 3 rings (SSSR count). The van der Waals surface area contributed by atoms with Crippen LogP contribution in [0.3, 0.4) is 0 Å². The molecule has 1 heterocycles. The highest BCUT2D eigenvalue weighted by Crippen LogP contribution is 2.51. The van der Waals surface area contributed by atoms with Crippen LogP contribution in [0.2, 0.25) is 0 Å². The van der Waals surface area contributed by atoms with E-state index in [0.29, 0.717) is 18.8 Å². The van der Waals surface area contributed by atoms with Crippen molar-refractivity contribution >= 4 is 17.3 Å². The number of rotatable bonds is 3. The molecule has 0 unspecified atom stereocenters.